The van der Waals surface area contributed by atoms with Crippen LogP contribution in [0.3, 0.4) is 0 Å². The third-order valence-electron chi connectivity index (χ3n) is 7.23. The van der Waals surface area contributed by atoms with Crippen LogP contribution in [-0.4, -0.2) is 52.1 Å². The summed E-state index contributed by atoms with van der Waals surface area (Å²) >= 11 is 0. The molecule has 0 fully saturated rings. The Balaban J connectivity index is 1.66. The van der Waals surface area contributed by atoms with Crippen molar-refractivity contribution in [2.45, 2.75) is 45.4 Å². The smallest absolute Gasteiger partial charge is 0.404 e. The number of ether oxygens (including phenoxy) is 1. The molecule has 0 bridgehead atoms. The first-order chi connectivity index (χ1) is 20.8. The first-order valence-corrected chi connectivity index (χ1v) is 14.1. The summed E-state index contributed by atoms with van der Waals surface area (Å²) in [7, 11) is 1.35. The summed E-state index contributed by atoms with van der Waals surface area (Å²) in [5, 5.41) is 24.0. The van der Waals surface area contributed by atoms with Gasteiger partial charge in [-0.3, -0.25) is 14.5 Å². The van der Waals surface area contributed by atoms with E-state index in [4.69, 9.17) is 9.84 Å². The molecule has 10 heteroatoms. The summed E-state index contributed by atoms with van der Waals surface area (Å²) in [6.45, 7) is 3.00. The lowest BCUT2D eigenvalue weighted by Gasteiger charge is -2.20. The van der Waals surface area contributed by atoms with Crippen LogP contribution in [0.2, 0.25) is 0 Å². The number of unbranched alkanes of at least 4 members (excludes halogenated alkanes) is 1. The number of amides is 3. The second kappa shape index (κ2) is 14.5. The zero-order chi connectivity index (χ0) is 30.8. The van der Waals surface area contributed by atoms with Gasteiger partial charge in [0.2, 0.25) is 0 Å². The quantitative estimate of drug-likeness (QED) is 0.115. The van der Waals surface area contributed by atoms with E-state index in [1.807, 2.05) is 85.8 Å². The van der Waals surface area contributed by atoms with Crippen LogP contribution in [0.15, 0.2) is 78.9 Å². The number of rotatable bonds is 13. The highest BCUT2D eigenvalue weighted by Crippen LogP contribution is 2.31. The normalized spacial score (nSPS) is 11.4. The van der Waals surface area contributed by atoms with E-state index < -0.39 is 23.9 Å². The number of nitrogens with one attached hydrogen (secondary N) is 2. The Morgan fingerprint density at radius 2 is 1.67 bits per heavy atom. The van der Waals surface area contributed by atoms with Gasteiger partial charge in [-0.2, -0.15) is 5.26 Å². The number of likely N-dealkylation sites (N-methyl/N-ethyl adjacent to an activating group) is 1. The summed E-state index contributed by atoms with van der Waals surface area (Å²) in [5.74, 6) is -0.382. The fourth-order valence-electron chi connectivity index (χ4n) is 4.99. The molecule has 4 aromatic rings. The van der Waals surface area contributed by atoms with Crippen molar-refractivity contribution in [3.8, 4) is 11.9 Å². The standard InChI is InChI=1S/C33H35N5O5/c1-23-30(31(39)36-28(32(40)37(2)22-34)15-9-10-18-35-33(41)42)27-19-26(43-21-25-13-7-4-8-14-25)16-17-29(27)38(23)20-24-11-5-3-6-12-24/h3-8,11-14,16-17,19,28,35H,9-10,15,18,20-21H2,1-2H3,(H,36,39)(H,41,42). The molecule has 3 amide bonds. The summed E-state index contributed by atoms with van der Waals surface area (Å²) in [6.07, 6.45) is 1.85. The molecule has 0 saturated carbocycles. The zero-order valence-electron chi connectivity index (χ0n) is 24.2. The maximum absolute atomic E-state index is 13.9. The van der Waals surface area contributed by atoms with Crippen molar-refractivity contribution in [2.75, 3.05) is 13.6 Å². The van der Waals surface area contributed by atoms with Crippen molar-refractivity contribution in [3.05, 3.63) is 101 Å². The minimum absolute atomic E-state index is 0.218. The van der Waals surface area contributed by atoms with Gasteiger partial charge in [0, 0.05) is 36.7 Å². The number of aromatic nitrogens is 1. The van der Waals surface area contributed by atoms with Crippen molar-refractivity contribution in [3.63, 3.8) is 0 Å². The molecule has 43 heavy (non-hydrogen) atoms. The van der Waals surface area contributed by atoms with E-state index in [9.17, 15) is 19.6 Å². The molecule has 1 unspecified atom stereocenters. The number of carboxylic acid groups (broad SMARTS) is 1. The Labute approximate surface area is 250 Å². The summed E-state index contributed by atoms with van der Waals surface area (Å²) in [4.78, 5) is 38.6. The topological polar surface area (TPSA) is 137 Å². The van der Waals surface area contributed by atoms with Crippen LogP contribution in [-0.2, 0) is 17.9 Å². The molecule has 0 aliphatic heterocycles. The van der Waals surface area contributed by atoms with Crippen LogP contribution in [0.4, 0.5) is 4.79 Å². The zero-order valence-corrected chi connectivity index (χ0v) is 24.2. The number of nitrogens with zero attached hydrogens (tertiary/aromatic N) is 3. The molecular formula is C33H35N5O5. The van der Waals surface area contributed by atoms with Gasteiger partial charge in [-0.1, -0.05) is 60.7 Å². The van der Waals surface area contributed by atoms with E-state index in [-0.39, 0.29) is 13.0 Å². The average molecular weight is 582 g/mol. The van der Waals surface area contributed by atoms with E-state index in [1.165, 1.54) is 7.05 Å². The van der Waals surface area contributed by atoms with Crippen LogP contribution < -0.4 is 15.4 Å². The lowest BCUT2D eigenvalue weighted by atomic mass is 10.1. The Bertz CT molecular complexity index is 1610. The Kier molecular flexibility index (Phi) is 10.4. The molecule has 0 aliphatic rings. The SMILES string of the molecule is Cc1c(C(=O)NC(CCCCNC(=O)O)C(=O)N(C)C#N)c2cc(OCc3ccccc3)ccc2n1Cc1ccccc1. The van der Waals surface area contributed by atoms with E-state index in [2.05, 4.69) is 15.2 Å². The molecule has 0 aliphatic carbocycles. The molecule has 0 spiro atoms. The van der Waals surface area contributed by atoms with Crippen LogP contribution in [0.1, 0.15) is 46.4 Å². The Hall–Kier alpha value is -5.30. The number of fused-ring (bicyclic) bond motifs is 1. The highest BCUT2D eigenvalue weighted by molar-refractivity contribution is 6.10. The predicted molar refractivity (Wildman–Crippen MR) is 163 cm³/mol. The summed E-state index contributed by atoms with van der Waals surface area (Å²) in [5.41, 5.74) is 4.07. The second-order valence-electron chi connectivity index (χ2n) is 10.2. The average Bonchev–Trinajstić information content (AvgIpc) is 3.29. The fourth-order valence-corrected chi connectivity index (χ4v) is 4.99. The second-order valence-corrected chi connectivity index (χ2v) is 10.2. The first kappa shape index (κ1) is 30.7. The van der Waals surface area contributed by atoms with Gasteiger partial charge in [0.25, 0.3) is 11.8 Å². The monoisotopic (exact) mass is 581 g/mol. The molecular weight excluding hydrogens is 546 g/mol. The number of benzene rings is 3. The van der Waals surface area contributed by atoms with Gasteiger partial charge < -0.3 is 25.0 Å². The van der Waals surface area contributed by atoms with Crippen LogP contribution >= 0.6 is 0 Å². The largest absolute Gasteiger partial charge is 0.489 e. The third kappa shape index (κ3) is 7.92. The van der Waals surface area contributed by atoms with E-state index >= 15 is 0 Å². The van der Waals surface area contributed by atoms with Gasteiger partial charge in [0.05, 0.1) is 5.56 Å². The highest BCUT2D eigenvalue weighted by Gasteiger charge is 2.28. The maximum atomic E-state index is 13.9. The van der Waals surface area contributed by atoms with Gasteiger partial charge in [0.1, 0.15) is 18.4 Å². The number of hydrogen-bond acceptors (Lipinski definition) is 5. The summed E-state index contributed by atoms with van der Waals surface area (Å²) < 4.78 is 8.14. The van der Waals surface area contributed by atoms with E-state index in [0.717, 1.165) is 27.2 Å². The van der Waals surface area contributed by atoms with Gasteiger partial charge in [-0.25, -0.2) is 4.79 Å². The molecule has 222 valence electrons. The van der Waals surface area contributed by atoms with Gasteiger partial charge in [-0.15, -0.1) is 0 Å². The number of hydrogen-bond donors (Lipinski definition) is 3. The van der Waals surface area contributed by atoms with Gasteiger partial charge in [-0.05, 0) is 55.5 Å². The van der Waals surface area contributed by atoms with E-state index in [1.54, 1.807) is 6.19 Å². The molecule has 10 nitrogen and oxygen atoms in total. The van der Waals surface area contributed by atoms with Crippen LogP contribution in [0, 0.1) is 18.4 Å². The number of carbonyl (C=O) groups is 3. The van der Waals surface area contributed by atoms with Gasteiger partial charge in [0.15, 0.2) is 6.19 Å². The molecule has 1 atom stereocenters. The van der Waals surface area contributed by atoms with Crippen molar-refractivity contribution in [1.82, 2.24) is 20.1 Å². The molecule has 1 heterocycles. The number of carbonyl (C=O) groups excluding carboxylic acids is 2. The van der Waals surface area contributed by atoms with Crippen LogP contribution in [0.5, 0.6) is 5.75 Å². The predicted octanol–water partition coefficient (Wildman–Crippen LogP) is 5.05. The molecule has 3 N–H and O–H groups in total. The van der Waals surface area contributed by atoms with Crippen molar-refractivity contribution >= 4 is 28.8 Å². The highest BCUT2D eigenvalue weighted by atomic mass is 16.5. The minimum atomic E-state index is -1.13. The summed E-state index contributed by atoms with van der Waals surface area (Å²) in [6, 6.07) is 24.4. The minimum Gasteiger partial charge on any atom is -0.489 e. The van der Waals surface area contributed by atoms with E-state index in [0.29, 0.717) is 42.7 Å². The molecule has 1 aromatic heterocycles. The maximum Gasteiger partial charge on any atom is 0.404 e. The van der Waals surface area contributed by atoms with Crippen molar-refractivity contribution < 1.29 is 24.2 Å². The lowest BCUT2D eigenvalue weighted by molar-refractivity contribution is -0.129. The Morgan fingerprint density at radius 3 is 2.33 bits per heavy atom. The lowest BCUT2D eigenvalue weighted by Crippen LogP contribution is -2.46. The van der Waals surface area contributed by atoms with Crippen LogP contribution in [0.25, 0.3) is 10.9 Å². The molecule has 4 rings (SSSR count). The number of nitriles is 1. The van der Waals surface area contributed by atoms with Crippen molar-refractivity contribution in [2.24, 2.45) is 0 Å². The van der Waals surface area contributed by atoms with Crippen molar-refractivity contribution in [1.29, 1.82) is 5.26 Å². The molecule has 0 radical (unpaired) electrons. The first-order valence-electron chi connectivity index (χ1n) is 14.1. The molecule has 0 saturated heterocycles. The third-order valence-corrected chi connectivity index (χ3v) is 7.23. The fraction of sp³-hybridized carbons (Fsp3) is 0.273. The van der Waals surface area contributed by atoms with Gasteiger partial charge >= 0.3 is 6.09 Å². The molecule has 3 aromatic carbocycles. The Morgan fingerprint density at radius 1 is 1.00 bits per heavy atom.